The Bertz CT molecular complexity index is 693. The van der Waals surface area contributed by atoms with Crippen LogP contribution in [-0.2, 0) is 24.1 Å². The molecular formula is C17H22N4O2. The van der Waals surface area contributed by atoms with E-state index < -0.39 is 0 Å². The molecule has 1 amide bonds. The van der Waals surface area contributed by atoms with E-state index in [0.29, 0.717) is 18.7 Å². The number of fused-ring (bicyclic) bond motifs is 1. The molecule has 23 heavy (non-hydrogen) atoms. The lowest BCUT2D eigenvalue weighted by molar-refractivity contribution is -0.00697. The second kappa shape index (κ2) is 6.50. The fraction of sp³-hybridized carbons (Fsp3) is 0.471. The molecule has 6 heteroatoms. The zero-order valence-corrected chi connectivity index (χ0v) is 13.7. The Kier molecular flexibility index (Phi) is 4.43. The summed E-state index contributed by atoms with van der Waals surface area (Å²) in [6.45, 7) is 6.46. The first-order chi connectivity index (χ1) is 11.1. The van der Waals surface area contributed by atoms with Crippen molar-refractivity contribution in [2.24, 2.45) is 0 Å². The van der Waals surface area contributed by atoms with E-state index in [2.05, 4.69) is 27.4 Å². The number of hydrogen-bond acceptors (Lipinski definition) is 4. The van der Waals surface area contributed by atoms with Gasteiger partial charge in [0.25, 0.3) is 5.91 Å². The molecule has 122 valence electrons. The second-order valence-corrected chi connectivity index (χ2v) is 5.95. The molecule has 0 bridgehead atoms. The Balaban J connectivity index is 1.69. The molecule has 3 rings (SSSR count). The zero-order chi connectivity index (χ0) is 16.4. The van der Waals surface area contributed by atoms with Gasteiger partial charge >= 0.3 is 0 Å². The monoisotopic (exact) mass is 314 g/mol. The van der Waals surface area contributed by atoms with Gasteiger partial charge in [0.2, 0.25) is 0 Å². The Labute approximate surface area is 135 Å². The molecule has 6 nitrogen and oxygen atoms in total. The van der Waals surface area contributed by atoms with Crippen molar-refractivity contribution >= 4 is 5.91 Å². The number of nitrogens with one attached hydrogen (secondary N) is 2. The quantitative estimate of drug-likeness (QED) is 0.907. The second-order valence-electron chi connectivity index (χ2n) is 5.95. The molecular weight excluding hydrogens is 292 g/mol. The van der Waals surface area contributed by atoms with Gasteiger partial charge in [-0.05, 0) is 31.9 Å². The van der Waals surface area contributed by atoms with Gasteiger partial charge < -0.3 is 10.1 Å². The van der Waals surface area contributed by atoms with Gasteiger partial charge in [0, 0.05) is 18.2 Å². The molecule has 2 N–H and O–H groups in total. The molecule has 0 aliphatic carbocycles. The zero-order valence-electron chi connectivity index (χ0n) is 13.7. The Morgan fingerprint density at radius 3 is 2.96 bits per heavy atom. The van der Waals surface area contributed by atoms with Gasteiger partial charge in [-0.25, -0.2) is 0 Å². The van der Waals surface area contributed by atoms with Crippen LogP contribution in [-0.4, -0.2) is 27.2 Å². The van der Waals surface area contributed by atoms with Crippen molar-refractivity contribution in [3.8, 4) is 0 Å². The predicted octanol–water partition coefficient (Wildman–Crippen LogP) is 2.32. The lowest BCUT2D eigenvalue weighted by Crippen LogP contribution is -2.27. The van der Waals surface area contributed by atoms with Crippen LogP contribution in [0.2, 0.25) is 0 Å². The summed E-state index contributed by atoms with van der Waals surface area (Å²) in [4.78, 5) is 16.8. The number of ether oxygens (including phenoxy) is 1. The maximum Gasteiger partial charge on any atom is 0.272 e. The predicted molar refractivity (Wildman–Crippen MR) is 86.0 cm³/mol. The van der Waals surface area contributed by atoms with E-state index in [-0.39, 0.29) is 18.1 Å². The molecule has 2 aromatic rings. The third kappa shape index (κ3) is 3.27. The van der Waals surface area contributed by atoms with Crippen molar-refractivity contribution in [3.05, 3.63) is 46.5 Å². The number of hydrogen-bond donors (Lipinski definition) is 2. The first-order valence-corrected chi connectivity index (χ1v) is 8.03. The van der Waals surface area contributed by atoms with Gasteiger partial charge in [-0.15, -0.1) is 0 Å². The van der Waals surface area contributed by atoms with Gasteiger partial charge in [0.1, 0.15) is 0 Å². The number of aromatic amines is 1. The van der Waals surface area contributed by atoms with Crippen LogP contribution in [0.3, 0.4) is 0 Å². The van der Waals surface area contributed by atoms with E-state index in [1.54, 1.807) is 0 Å². The van der Waals surface area contributed by atoms with E-state index >= 15 is 0 Å². The SMILES string of the molecule is CCc1ccc(CNC(=O)c2n[nH]c3c2C[C@H](C)O[C@@H]3C)nc1. The third-order valence-electron chi connectivity index (χ3n) is 4.17. The highest BCUT2D eigenvalue weighted by atomic mass is 16.5. The van der Waals surface area contributed by atoms with Crippen molar-refractivity contribution < 1.29 is 9.53 Å². The maximum absolute atomic E-state index is 12.4. The maximum atomic E-state index is 12.4. The van der Waals surface area contributed by atoms with E-state index in [1.807, 2.05) is 32.2 Å². The fourth-order valence-corrected chi connectivity index (χ4v) is 2.88. The largest absolute Gasteiger partial charge is 0.369 e. The minimum Gasteiger partial charge on any atom is -0.369 e. The van der Waals surface area contributed by atoms with Gasteiger partial charge in [-0.2, -0.15) is 5.10 Å². The number of aromatic nitrogens is 3. The topological polar surface area (TPSA) is 79.9 Å². The van der Waals surface area contributed by atoms with E-state index in [9.17, 15) is 4.79 Å². The molecule has 2 atom stereocenters. The van der Waals surface area contributed by atoms with Crippen molar-refractivity contribution in [2.75, 3.05) is 0 Å². The van der Waals surface area contributed by atoms with E-state index in [0.717, 1.165) is 23.4 Å². The van der Waals surface area contributed by atoms with Crippen LogP contribution in [0.1, 0.15) is 59.9 Å². The molecule has 0 saturated carbocycles. The molecule has 0 radical (unpaired) electrons. The van der Waals surface area contributed by atoms with Gasteiger partial charge in [-0.3, -0.25) is 14.9 Å². The summed E-state index contributed by atoms with van der Waals surface area (Å²) in [6.07, 6.45) is 3.52. The molecule has 1 aliphatic rings. The molecule has 0 unspecified atom stereocenters. The lowest BCUT2D eigenvalue weighted by Gasteiger charge is -2.25. The Morgan fingerprint density at radius 1 is 1.43 bits per heavy atom. The third-order valence-corrected chi connectivity index (χ3v) is 4.17. The van der Waals surface area contributed by atoms with Crippen LogP contribution < -0.4 is 5.32 Å². The molecule has 0 fully saturated rings. The first kappa shape index (κ1) is 15.7. The number of pyridine rings is 1. The highest BCUT2D eigenvalue weighted by molar-refractivity contribution is 5.94. The molecule has 3 heterocycles. The van der Waals surface area contributed by atoms with Gasteiger partial charge in [0.15, 0.2) is 5.69 Å². The molecule has 0 aromatic carbocycles. The highest BCUT2D eigenvalue weighted by Crippen LogP contribution is 2.29. The molecule has 0 saturated heterocycles. The number of rotatable bonds is 4. The van der Waals surface area contributed by atoms with Crippen LogP contribution >= 0.6 is 0 Å². The highest BCUT2D eigenvalue weighted by Gasteiger charge is 2.29. The van der Waals surface area contributed by atoms with Crippen LogP contribution in [0.5, 0.6) is 0 Å². The average Bonchev–Trinajstić information content (AvgIpc) is 2.97. The van der Waals surface area contributed by atoms with Crippen molar-refractivity contribution in [3.63, 3.8) is 0 Å². The van der Waals surface area contributed by atoms with Crippen LogP contribution in [0.15, 0.2) is 18.3 Å². The minimum atomic E-state index is -0.176. The van der Waals surface area contributed by atoms with Crippen LogP contribution in [0, 0.1) is 0 Å². The Hall–Kier alpha value is -2.21. The number of H-pyrrole nitrogens is 1. The lowest BCUT2D eigenvalue weighted by atomic mass is 9.99. The van der Waals surface area contributed by atoms with Gasteiger partial charge in [-0.1, -0.05) is 13.0 Å². The molecule has 2 aromatic heterocycles. The summed E-state index contributed by atoms with van der Waals surface area (Å²) >= 11 is 0. The first-order valence-electron chi connectivity index (χ1n) is 8.03. The smallest absolute Gasteiger partial charge is 0.272 e. The van der Waals surface area contributed by atoms with E-state index in [4.69, 9.17) is 4.74 Å². The Morgan fingerprint density at radius 2 is 2.26 bits per heavy atom. The normalized spacial score (nSPS) is 20.1. The molecule has 1 aliphatic heterocycles. The number of amides is 1. The summed E-state index contributed by atoms with van der Waals surface area (Å²) in [5, 5.41) is 10.0. The molecule has 0 spiro atoms. The summed E-state index contributed by atoms with van der Waals surface area (Å²) < 4.78 is 5.74. The summed E-state index contributed by atoms with van der Waals surface area (Å²) in [6, 6.07) is 3.97. The number of carbonyl (C=O) groups is 1. The summed E-state index contributed by atoms with van der Waals surface area (Å²) in [5.41, 5.74) is 4.35. The summed E-state index contributed by atoms with van der Waals surface area (Å²) in [7, 11) is 0. The fourth-order valence-electron chi connectivity index (χ4n) is 2.88. The van der Waals surface area contributed by atoms with Crippen molar-refractivity contribution in [1.82, 2.24) is 20.5 Å². The minimum absolute atomic E-state index is 0.0638. The standard InChI is InChI=1S/C17H22N4O2/c1-4-12-5-6-13(18-8-12)9-19-17(22)16-14-7-10(2)23-11(3)15(14)20-21-16/h5-6,8,10-11H,4,7,9H2,1-3H3,(H,19,22)(H,20,21)/t10-,11+/m0/s1. The van der Waals surface area contributed by atoms with E-state index in [1.165, 1.54) is 5.56 Å². The van der Waals surface area contributed by atoms with Crippen LogP contribution in [0.25, 0.3) is 0 Å². The number of carbonyl (C=O) groups excluding carboxylic acids is 1. The van der Waals surface area contributed by atoms with Crippen LogP contribution in [0.4, 0.5) is 0 Å². The number of aryl methyl sites for hydroxylation is 1. The van der Waals surface area contributed by atoms with Gasteiger partial charge in [0.05, 0.1) is 30.1 Å². The average molecular weight is 314 g/mol. The summed E-state index contributed by atoms with van der Waals surface area (Å²) in [5.74, 6) is -0.176. The number of nitrogens with zero attached hydrogens (tertiary/aromatic N) is 2. The van der Waals surface area contributed by atoms with Crippen molar-refractivity contribution in [1.29, 1.82) is 0 Å². The van der Waals surface area contributed by atoms with Crippen molar-refractivity contribution in [2.45, 2.75) is 52.4 Å².